The fourth-order valence-corrected chi connectivity index (χ4v) is 3.33. The summed E-state index contributed by atoms with van der Waals surface area (Å²) >= 11 is 0. The van der Waals surface area contributed by atoms with Crippen molar-refractivity contribution in [1.29, 1.82) is 0 Å². The molecule has 1 saturated heterocycles. The molecule has 0 spiro atoms. The Kier molecular flexibility index (Phi) is 6.23. The number of nitrogens with one attached hydrogen (secondary N) is 1. The summed E-state index contributed by atoms with van der Waals surface area (Å²) in [6, 6.07) is 3.51. The minimum absolute atomic E-state index is 0. The molecule has 0 atom stereocenters. The number of amides is 2. The number of piperidine rings is 1. The number of nitrogens with two attached hydrogens (primary N) is 1. The van der Waals surface area contributed by atoms with E-state index < -0.39 is 5.60 Å². The predicted molar refractivity (Wildman–Crippen MR) is 105 cm³/mol. The Morgan fingerprint density at radius 3 is 2.56 bits per heavy atom. The van der Waals surface area contributed by atoms with Crippen molar-refractivity contribution in [2.24, 2.45) is 0 Å². The molecule has 27 heavy (non-hydrogen) atoms. The third-order valence-corrected chi connectivity index (χ3v) is 4.62. The summed E-state index contributed by atoms with van der Waals surface area (Å²) in [6.45, 7) is 7.26. The number of benzene rings is 1. The molecule has 1 fully saturated rings. The van der Waals surface area contributed by atoms with Crippen LogP contribution < -0.4 is 15.8 Å². The molecule has 0 unspecified atom stereocenters. The van der Waals surface area contributed by atoms with Gasteiger partial charge >= 0.3 is 6.09 Å². The predicted octanol–water partition coefficient (Wildman–Crippen LogP) is 2.97. The van der Waals surface area contributed by atoms with E-state index in [0.29, 0.717) is 56.0 Å². The summed E-state index contributed by atoms with van der Waals surface area (Å²) in [5, 5.41) is 3.08. The Hall–Kier alpha value is -2.44. The van der Waals surface area contributed by atoms with Crippen LogP contribution in [0.25, 0.3) is 0 Å². The second-order valence-corrected chi connectivity index (χ2v) is 7.82. The summed E-state index contributed by atoms with van der Waals surface area (Å²) in [4.78, 5) is 26.5. The number of ether oxygens (including phenoxy) is 2. The highest BCUT2D eigenvalue weighted by atomic mass is 16.6. The maximum absolute atomic E-state index is 12.7. The van der Waals surface area contributed by atoms with Crippen LogP contribution in [0.3, 0.4) is 0 Å². The number of carbonyl (C=O) groups is 2. The molecule has 150 valence electrons. The van der Waals surface area contributed by atoms with Gasteiger partial charge in [0.05, 0.1) is 12.3 Å². The van der Waals surface area contributed by atoms with Gasteiger partial charge in [0.1, 0.15) is 11.4 Å². The summed E-state index contributed by atoms with van der Waals surface area (Å²) in [5.74, 6) is 0.528. The van der Waals surface area contributed by atoms with Gasteiger partial charge in [-0.3, -0.25) is 4.79 Å². The minimum atomic E-state index is -0.500. The lowest BCUT2D eigenvalue weighted by atomic mass is 10.0. The van der Waals surface area contributed by atoms with Crippen LogP contribution in [0, 0.1) is 0 Å². The van der Waals surface area contributed by atoms with Crippen molar-refractivity contribution in [3.05, 3.63) is 23.3 Å². The van der Waals surface area contributed by atoms with E-state index in [2.05, 4.69) is 5.32 Å². The highest BCUT2D eigenvalue weighted by Gasteiger charge is 2.29. The summed E-state index contributed by atoms with van der Waals surface area (Å²) in [5.41, 5.74) is 7.48. The molecular weight excluding hydrogens is 346 g/mol. The third kappa shape index (κ3) is 4.84. The Labute approximate surface area is 161 Å². The Morgan fingerprint density at radius 1 is 1.26 bits per heavy atom. The lowest BCUT2D eigenvalue weighted by Gasteiger charge is -2.33. The van der Waals surface area contributed by atoms with Crippen LogP contribution in [0.2, 0.25) is 0 Å². The van der Waals surface area contributed by atoms with Crippen molar-refractivity contribution in [3.8, 4) is 5.75 Å². The number of nitrogens with zero attached hydrogens (tertiary/aromatic N) is 1. The van der Waals surface area contributed by atoms with Gasteiger partial charge in [0.2, 0.25) is 0 Å². The van der Waals surface area contributed by atoms with Crippen LogP contribution in [0.4, 0.5) is 10.5 Å². The first-order valence-electron chi connectivity index (χ1n) is 9.07. The Balaban J connectivity index is 0.00000261. The van der Waals surface area contributed by atoms with Crippen LogP contribution >= 0.6 is 0 Å². The number of anilines is 1. The second-order valence-electron chi connectivity index (χ2n) is 7.82. The number of hydrogen-bond acceptors (Lipinski definition) is 5. The fraction of sp³-hybridized carbons (Fsp3) is 0.600. The van der Waals surface area contributed by atoms with Crippen molar-refractivity contribution in [3.63, 3.8) is 0 Å². The van der Waals surface area contributed by atoms with Crippen molar-refractivity contribution >= 4 is 17.7 Å². The Bertz CT molecular complexity index is 704. The number of carbonyl (C=O) groups excluding carboxylic acids is 2. The van der Waals surface area contributed by atoms with Gasteiger partial charge in [0.25, 0.3) is 5.91 Å². The lowest BCUT2D eigenvalue weighted by Crippen LogP contribution is -2.47. The molecule has 1 aromatic carbocycles. The number of hydrogen-bond donors (Lipinski definition) is 2. The van der Waals surface area contributed by atoms with E-state index in [0.717, 1.165) is 5.56 Å². The first kappa shape index (κ1) is 20.9. The molecule has 7 nitrogen and oxygen atoms in total. The molecule has 0 radical (unpaired) electrons. The molecule has 2 aliphatic rings. The number of likely N-dealkylation sites (tertiary alicyclic amines) is 1. The molecule has 7 heteroatoms. The average Bonchev–Trinajstić information content (AvgIpc) is 3.04. The smallest absolute Gasteiger partial charge is 0.410 e. The highest BCUT2D eigenvalue weighted by Crippen LogP contribution is 2.34. The molecule has 0 aromatic heterocycles. The molecule has 2 amide bonds. The SMILES string of the molecule is C.CC(C)(C)OC(=O)N1CCC(NC(=O)c2ccc(N)c3c2CCO3)CC1. The van der Waals surface area contributed by atoms with Crippen LogP contribution in [-0.2, 0) is 11.2 Å². The van der Waals surface area contributed by atoms with Gasteiger partial charge in [-0.1, -0.05) is 7.43 Å². The first-order chi connectivity index (χ1) is 12.2. The van der Waals surface area contributed by atoms with E-state index in [4.69, 9.17) is 15.2 Å². The van der Waals surface area contributed by atoms with Gasteiger partial charge in [0.15, 0.2) is 0 Å². The van der Waals surface area contributed by atoms with Crippen LogP contribution in [0.5, 0.6) is 5.75 Å². The molecule has 3 rings (SSSR count). The number of nitrogen functional groups attached to an aromatic ring is 1. The molecule has 2 heterocycles. The molecule has 0 saturated carbocycles. The standard InChI is InChI=1S/C19H27N3O4.CH4/c1-19(2,3)26-18(24)22-9-6-12(7-10-22)21-17(23)14-4-5-15(20)16-13(14)8-11-25-16;/h4-5,12H,6-11,20H2,1-3H3,(H,21,23);1H4. The molecule has 2 aliphatic heterocycles. The Morgan fingerprint density at radius 2 is 1.93 bits per heavy atom. The zero-order valence-corrected chi connectivity index (χ0v) is 15.6. The quantitative estimate of drug-likeness (QED) is 0.773. The maximum Gasteiger partial charge on any atom is 0.410 e. The van der Waals surface area contributed by atoms with Gasteiger partial charge in [-0.15, -0.1) is 0 Å². The van der Waals surface area contributed by atoms with E-state index >= 15 is 0 Å². The van der Waals surface area contributed by atoms with Gasteiger partial charge in [-0.05, 0) is 45.7 Å². The van der Waals surface area contributed by atoms with E-state index in [9.17, 15) is 9.59 Å². The van der Waals surface area contributed by atoms with E-state index in [1.54, 1.807) is 17.0 Å². The van der Waals surface area contributed by atoms with Crippen LogP contribution in [0.1, 0.15) is 57.0 Å². The number of rotatable bonds is 2. The van der Waals surface area contributed by atoms with Crippen molar-refractivity contribution in [2.75, 3.05) is 25.4 Å². The maximum atomic E-state index is 12.7. The van der Waals surface area contributed by atoms with Gasteiger partial charge in [-0.2, -0.15) is 0 Å². The van der Waals surface area contributed by atoms with Gasteiger partial charge < -0.3 is 25.4 Å². The second kappa shape index (κ2) is 8.06. The topological polar surface area (TPSA) is 93.9 Å². The summed E-state index contributed by atoms with van der Waals surface area (Å²) < 4.78 is 10.9. The van der Waals surface area contributed by atoms with E-state index in [-0.39, 0.29) is 25.5 Å². The summed E-state index contributed by atoms with van der Waals surface area (Å²) in [7, 11) is 0. The molecule has 1 aromatic rings. The lowest BCUT2D eigenvalue weighted by molar-refractivity contribution is 0.0199. The monoisotopic (exact) mass is 377 g/mol. The molecule has 0 bridgehead atoms. The van der Waals surface area contributed by atoms with Crippen LogP contribution in [0.15, 0.2) is 12.1 Å². The van der Waals surface area contributed by atoms with Crippen molar-refractivity contribution in [1.82, 2.24) is 10.2 Å². The number of fused-ring (bicyclic) bond motifs is 1. The van der Waals surface area contributed by atoms with E-state index in [1.807, 2.05) is 20.8 Å². The third-order valence-electron chi connectivity index (χ3n) is 4.62. The normalized spacial score (nSPS) is 16.8. The minimum Gasteiger partial charge on any atom is -0.491 e. The van der Waals surface area contributed by atoms with Crippen molar-refractivity contribution < 1.29 is 19.1 Å². The average molecular weight is 377 g/mol. The first-order valence-corrected chi connectivity index (χ1v) is 9.07. The van der Waals surface area contributed by atoms with E-state index in [1.165, 1.54) is 0 Å². The molecule has 3 N–H and O–H groups in total. The molecular formula is C20H31N3O4. The molecule has 0 aliphatic carbocycles. The zero-order chi connectivity index (χ0) is 18.9. The summed E-state index contributed by atoms with van der Waals surface area (Å²) in [6.07, 6.45) is 1.81. The van der Waals surface area contributed by atoms with Gasteiger partial charge in [0, 0.05) is 36.7 Å². The largest absolute Gasteiger partial charge is 0.491 e. The fourth-order valence-electron chi connectivity index (χ4n) is 3.33. The van der Waals surface area contributed by atoms with Gasteiger partial charge in [-0.25, -0.2) is 4.79 Å². The zero-order valence-electron chi connectivity index (χ0n) is 15.6. The van der Waals surface area contributed by atoms with Crippen LogP contribution in [-0.4, -0.2) is 48.2 Å². The highest BCUT2D eigenvalue weighted by molar-refractivity contribution is 5.97. The van der Waals surface area contributed by atoms with Crippen molar-refractivity contribution in [2.45, 2.75) is 59.1 Å².